The summed E-state index contributed by atoms with van der Waals surface area (Å²) in [5.74, 6) is -0.483. The summed E-state index contributed by atoms with van der Waals surface area (Å²) >= 11 is 17.7. The van der Waals surface area contributed by atoms with Crippen molar-refractivity contribution < 1.29 is 17.6 Å². The van der Waals surface area contributed by atoms with Crippen LogP contribution in [0.2, 0.25) is 15.1 Å². The number of nitrogens with zero attached hydrogens (tertiary/aromatic N) is 1. The van der Waals surface area contributed by atoms with Gasteiger partial charge in [0.25, 0.3) is 10.0 Å². The first kappa shape index (κ1) is 25.1. The van der Waals surface area contributed by atoms with Crippen molar-refractivity contribution in [2.75, 3.05) is 22.7 Å². The predicted octanol–water partition coefficient (Wildman–Crippen LogP) is 6.19. The number of anilines is 2. The van der Waals surface area contributed by atoms with Gasteiger partial charge in [-0.1, -0.05) is 34.8 Å². The number of amides is 2. The van der Waals surface area contributed by atoms with E-state index in [9.17, 15) is 17.6 Å². The Balaban J connectivity index is 1.66. The zero-order valence-corrected chi connectivity index (χ0v) is 20.1. The zero-order valence-electron chi connectivity index (χ0n) is 17.1. The summed E-state index contributed by atoms with van der Waals surface area (Å²) in [6.45, 7) is 0.227. The number of carbonyl (C=O) groups excluding carboxylic acids is 1. The van der Waals surface area contributed by atoms with Gasteiger partial charge in [0, 0.05) is 23.8 Å². The van der Waals surface area contributed by atoms with E-state index in [1.807, 2.05) is 0 Å². The number of sulfonamides is 1. The maximum Gasteiger partial charge on any atom is 0.319 e. The quantitative estimate of drug-likeness (QED) is 0.341. The molecule has 0 fully saturated rings. The third-order valence-electron chi connectivity index (χ3n) is 4.52. The summed E-state index contributed by atoms with van der Waals surface area (Å²) < 4.78 is 41.0. The molecule has 0 radical (unpaired) electrons. The van der Waals surface area contributed by atoms with Crippen LogP contribution in [0.3, 0.4) is 0 Å². The molecule has 2 N–H and O–H groups in total. The molecular weight excluding hydrogens is 512 g/mol. The molecule has 11 heteroatoms. The van der Waals surface area contributed by atoms with Gasteiger partial charge in [0.2, 0.25) is 0 Å². The second-order valence-electron chi connectivity index (χ2n) is 6.87. The Bertz CT molecular complexity index is 1220. The van der Waals surface area contributed by atoms with Crippen LogP contribution in [-0.4, -0.2) is 27.5 Å². The van der Waals surface area contributed by atoms with Gasteiger partial charge in [-0.25, -0.2) is 17.6 Å². The van der Waals surface area contributed by atoms with Crippen LogP contribution in [0.4, 0.5) is 20.6 Å². The smallest absolute Gasteiger partial charge is 0.319 e. The molecule has 0 aliphatic heterocycles. The second kappa shape index (κ2) is 11.1. The summed E-state index contributed by atoms with van der Waals surface area (Å²) in [4.78, 5) is 12.2. The molecule has 3 aromatic rings. The van der Waals surface area contributed by atoms with E-state index in [1.54, 1.807) is 12.1 Å². The highest BCUT2D eigenvalue weighted by Crippen LogP contribution is 2.26. The molecule has 0 unspecified atom stereocenters. The maximum atomic E-state index is 13.4. The van der Waals surface area contributed by atoms with Gasteiger partial charge in [-0.15, -0.1) is 0 Å². The average Bonchev–Trinajstić information content (AvgIpc) is 2.77. The minimum absolute atomic E-state index is 0.0431. The molecule has 0 heterocycles. The van der Waals surface area contributed by atoms with E-state index in [4.69, 9.17) is 34.8 Å². The van der Waals surface area contributed by atoms with E-state index in [0.717, 1.165) is 4.31 Å². The molecule has 0 atom stereocenters. The first-order valence-corrected chi connectivity index (χ1v) is 12.3. The van der Waals surface area contributed by atoms with E-state index in [1.165, 1.54) is 54.6 Å². The average molecular weight is 531 g/mol. The molecule has 0 aliphatic rings. The summed E-state index contributed by atoms with van der Waals surface area (Å²) in [6.07, 6.45) is 0.291. The summed E-state index contributed by atoms with van der Waals surface area (Å²) in [6, 6.07) is 15.1. The normalized spacial score (nSPS) is 11.2. The van der Waals surface area contributed by atoms with Crippen molar-refractivity contribution in [3.63, 3.8) is 0 Å². The van der Waals surface area contributed by atoms with Crippen LogP contribution in [0.25, 0.3) is 0 Å². The zero-order chi connectivity index (χ0) is 24.0. The van der Waals surface area contributed by atoms with E-state index in [2.05, 4.69) is 10.6 Å². The Kier molecular flexibility index (Phi) is 8.42. The van der Waals surface area contributed by atoms with Gasteiger partial charge < -0.3 is 10.6 Å². The Morgan fingerprint density at radius 2 is 1.58 bits per heavy atom. The Hall–Kier alpha value is -2.52. The van der Waals surface area contributed by atoms with Gasteiger partial charge in [0.1, 0.15) is 5.82 Å². The minimum Gasteiger partial charge on any atom is -0.338 e. The molecule has 0 spiro atoms. The van der Waals surface area contributed by atoms with Crippen LogP contribution in [0.1, 0.15) is 6.42 Å². The van der Waals surface area contributed by atoms with E-state index in [-0.39, 0.29) is 18.0 Å². The van der Waals surface area contributed by atoms with Gasteiger partial charge >= 0.3 is 6.03 Å². The van der Waals surface area contributed by atoms with Crippen LogP contribution < -0.4 is 14.9 Å². The van der Waals surface area contributed by atoms with Crippen LogP contribution >= 0.6 is 34.8 Å². The maximum absolute atomic E-state index is 13.4. The van der Waals surface area contributed by atoms with Crippen molar-refractivity contribution in [3.05, 3.63) is 87.6 Å². The monoisotopic (exact) mass is 529 g/mol. The summed E-state index contributed by atoms with van der Waals surface area (Å²) in [5.41, 5.74) is 0.756. The lowest BCUT2D eigenvalue weighted by atomic mass is 10.3. The molecular formula is C22H19Cl3FN3O3S. The van der Waals surface area contributed by atoms with Crippen molar-refractivity contribution >= 4 is 62.2 Å². The van der Waals surface area contributed by atoms with E-state index >= 15 is 0 Å². The molecule has 0 aliphatic carbocycles. The number of hydrogen-bond donors (Lipinski definition) is 2. The number of benzene rings is 3. The van der Waals surface area contributed by atoms with Crippen molar-refractivity contribution in [2.45, 2.75) is 11.3 Å². The number of halogens is 4. The fourth-order valence-corrected chi connectivity index (χ4v) is 4.83. The van der Waals surface area contributed by atoms with Gasteiger partial charge in [-0.2, -0.15) is 0 Å². The molecule has 0 saturated carbocycles. The SMILES string of the molecule is O=C(NCCCN(c1ccc(F)cc1)S(=O)(=O)c1ccc(Cl)cc1)Nc1ccc(Cl)c(Cl)c1. The van der Waals surface area contributed by atoms with Crippen LogP contribution in [-0.2, 0) is 10.0 Å². The number of carbonyl (C=O) groups is 1. The van der Waals surface area contributed by atoms with Gasteiger partial charge in [0.15, 0.2) is 0 Å². The first-order chi connectivity index (χ1) is 15.7. The minimum atomic E-state index is -3.95. The molecule has 2 amide bonds. The van der Waals surface area contributed by atoms with Crippen molar-refractivity contribution in [1.29, 1.82) is 0 Å². The van der Waals surface area contributed by atoms with Gasteiger partial charge in [-0.05, 0) is 73.2 Å². The molecule has 3 rings (SSSR count). The molecule has 174 valence electrons. The van der Waals surface area contributed by atoms with Crippen molar-refractivity contribution in [1.82, 2.24) is 5.32 Å². The van der Waals surface area contributed by atoms with Crippen LogP contribution in [0.15, 0.2) is 71.6 Å². The van der Waals surface area contributed by atoms with Crippen LogP contribution in [0.5, 0.6) is 0 Å². The number of rotatable bonds is 8. The topological polar surface area (TPSA) is 78.5 Å². The number of urea groups is 1. The Labute approximate surface area is 206 Å². The first-order valence-electron chi connectivity index (χ1n) is 9.70. The Morgan fingerprint density at radius 3 is 2.21 bits per heavy atom. The Morgan fingerprint density at radius 1 is 0.909 bits per heavy atom. The molecule has 0 saturated heterocycles. The third-order valence-corrected chi connectivity index (χ3v) is 7.35. The van der Waals surface area contributed by atoms with Crippen molar-refractivity contribution in [2.24, 2.45) is 0 Å². The largest absolute Gasteiger partial charge is 0.338 e. The number of nitrogens with one attached hydrogen (secondary N) is 2. The third kappa shape index (κ3) is 6.74. The van der Waals surface area contributed by atoms with Crippen molar-refractivity contribution in [3.8, 4) is 0 Å². The predicted molar refractivity (Wildman–Crippen MR) is 130 cm³/mol. The van der Waals surface area contributed by atoms with Crippen LogP contribution in [0, 0.1) is 5.82 Å². The second-order valence-corrected chi connectivity index (χ2v) is 9.98. The van der Waals surface area contributed by atoms with Gasteiger partial charge in [0.05, 0.1) is 20.6 Å². The fraction of sp³-hybridized carbons (Fsp3) is 0.136. The fourth-order valence-electron chi connectivity index (χ4n) is 2.90. The molecule has 33 heavy (non-hydrogen) atoms. The molecule has 6 nitrogen and oxygen atoms in total. The van der Waals surface area contributed by atoms with Gasteiger partial charge in [-0.3, -0.25) is 4.31 Å². The standard InChI is InChI=1S/C22H19Cl3FN3O3S/c23-15-2-9-19(10-3-15)33(31,32)29(18-7-4-16(26)5-8-18)13-1-12-27-22(30)28-17-6-11-20(24)21(25)14-17/h2-11,14H,1,12-13H2,(H2,27,28,30). The highest BCUT2D eigenvalue weighted by molar-refractivity contribution is 7.92. The number of hydrogen-bond acceptors (Lipinski definition) is 3. The summed E-state index contributed by atoms with van der Waals surface area (Å²) in [7, 11) is -3.95. The van der Waals surface area contributed by atoms with E-state index < -0.39 is 21.9 Å². The molecule has 0 bridgehead atoms. The highest BCUT2D eigenvalue weighted by Gasteiger charge is 2.24. The summed E-state index contributed by atoms with van der Waals surface area (Å²) in [5, 5.41) is 6.34. The van der Waals surface area contributed by atoms with E-state index in [0.29, 0.717) is 32.9 Å². The highest BCUT2D eigenvalue weighted by atomic mass is 35.5. The molecule has 0 aromatic heterocycles. The lowest BCUT2D eigenvalue weighted by molar-refractivity contribution is 0.252. The lowest BCUT2D eigenvalue weighted by Crippen LogP contribution is -2.35. The lowest BCUT2D eigenvalue weighted by Gasteiger charge is -2.24. The molecule has 3 aromatic carbocycles.